The lowest BCUT2D eigenvalue weighted by atomic mass is 9.86. The Labute approximate surface area is 184 Å². The highest BCUT2D eigenvalue weighted by Gasteiger charge is 2.36. The lowest BCUT2D eigenvalue weighted by molar-refractivity contribution is 0.0951. The number of likely N-dealkylation sites (N-methyl/N-ethyl adjacent to an activating group) is 1. The van der Waals surface area contributed by atoms with Crippen molar-refractivity contribution in [1.82, 2.24) is 15.5 Å². The van der Waals surface area contributed by atoms with E-state index in [-0.39, 0.29) is 11.8 Å². The zero-order valence-corrected chi connectivity index (χ0v) is 18.2. The molecule has 0 spiro atoms. The summed E-state index contributed by atoms with van der Waals surface area (Å²) in [4.78, 5) is 27.3. The van der Waals surface area contributed by atoms with Crippen molar-refractivity contribution in [3.8, 4) is 0 Å². The van der Waals surface area contributed by atoms with Gasteiger partial charge in [0, 0.05) is 42.4 Å². The molecule has 6 nitrogen and oxygen atoms in total. The Morgan fingerprint density at radius 3 is 2.48 bits per heavy atom. The number of hydrogen-bond donors (Lipinski definition) is 3. The highest BCUT2D eigenvalue weighted by atomic mass is 16.2. The third kappa shape index (κ3) is 5.32. The summed E-state index contributed by atoms with van der Waals surface area (Å²) >= 11 is 0. The molecule has 31 heavy (non-hydrogen) atoms. The van der Waals surface area contributed by atoms with Crippen LogP contribution in [0, 0.1) is 5.92 Å². The second-order valence-electron chi connectivity index (χ2n) is 8.73. The lowest BCUT2D eigenvalue weighted by Gasteiger charge is -2.16. The molecule has 0 unspecified atom stereocenters. The highest BCUT2D eigenvalue weighted by Crippen LogP contribution is 2.35. The molecule has 2 amide bonds. The summed E-state index contributed by atoms with van der Waals surface area (Å²) in [6.45, 7) is 5.12. The van der Waals surface area contributed by atoms with Gasteiger partial charge in [-0.3, -0.25) is 9.59 Å². The molecule has 0 aromatic heterocycles. The zero-order chi connectivity index (χ0) is 21.6. The fraction of sp³-hybridized carbons (Fsp3) is 0.440. The van der Waals surface area contributed by atoms with Gasteiger partial charge in [0.05, 0.1) is 0 Å². The second kappa shape index (κ2) is 10.1. The molecule has 3 aliphatic rings. The molecule has 3 heterocycles. The van der Waals surface area contributed by atoms with Gasteiger partial charge < -0.3 is 20.9 Å². The van der Waals surface area contributed by atoms with Gasteiger partial charge >= 0.3 is 0 Å². The first-order valence-corrected chi connectivity index (χ1v) is 11.3. The Bertz CT molecular complexity index is 899. The van der Waals surface area contributed by atoms with Gasteiger partial charge in [0.25, 0.3) is 11.8 Å². The smallest absolute Gasteiger partial charge is 0.255 e. The van der Waals surface area contributed by atoms with Crippen LogP contribution in [0.3, 0.4) is 0 Å². The molecule has 3 aliphatic heterocycles. The number of amides is 2. The summed E-state index contributed by atoms with van der Waals surface area (Å²) in [5.41, 5.74) is 2.93. The first-order valence-electron chi connectivity index (χ1n) is 11.3. The first kappa shape index (κ1) is 21.5. The van der Waals surface area contributed by atoms with E-state index in [1.54, 1.807) is 6.07 Å². The molecule has 164 valence electrons. The van der Waals surface area contributed by atoms with Gasteiger partial charge in [0.15, 0.2) is 0 Å². The number of rotatable bonds is 2. The van der Waals surface area contributed by atoms with Crippen molar-refractivity contribution in [2.75, 3.05) is 45.1 Å². The van der Waals surface area contributed by atoms with Crippen LogP contribution in [-0.2, 0) is 0 Å². The molecule has 2 aromatic carbocycles. The molecule has 2 atom stereocenters. The quantitative estimate of drug-likeness (QED) is 0.698. The van der Waals surface area contributed by atoms with E-state index in [1.165, 1.54) is 32.4 Å². The fourth-order valence-electron chi connectivity index (χ4n) is 4.71. The molecule has 0 radical (unpaired) electrons. The lowest BCUT2D eigenvalue weighted by Crippen LogP contribution is -2.29. The first-order chi connectivity index (χ1) is 15.1. The van der Waals surface area contributed by atoms with E-state index < -0.39 is 0 Å². The Morgan fingerprint density at radius 2 is 1.81 bits per heavy atom. The van der Waals surface area contributed by atoms with Crippen LogP contribution in [0.4, 0.5) is 5.69 Å². The van der Waals surface area contributed by atoms with Crippen molar-refractivity contribution >= 4 is 17.5 Å². The van der Waals surface area contributed by atoms with E-state index in [0.29, 0.717) is 29.5 Å². The Balaban J connectivity index is 0.000000334. The number of carbonyl (C=O) groups excluding carboxylic acids is 2. The van der Waals surface area contributed by atoms with Crippen molar-refractivity contribution in [2.24, 2.45) is 5.92 Å². The number of piperidine rings is 1. The molecule has 2 fully saturated rings. The van der Waals surface area contributed by atoms with Crippen molar-refractivity contribution in [3.63, 3.8) is 0 Å². The summed E-state index contributed by atoms with van der Waals surface area (Å²) in [6.07, 6.45) is 4.22. The standard InChI is InChI=1S/C20H21N3O2.C5H11N/c1-23-11-14-10-21-20(25)17-9-13(7-8-16(17)18(14)12-23)19(24)22-15-5-3-2-4-6-15;1-2-4-6-5-3-1/h2-9,14,18H,10-12H2,1H3,(H,21,25)(H,22,24);6H,1-5H2/t14-,18-;/m1./s1. The minimum atomic E-state index is -0.203. The second-order valence-corrected chi connectivity index (χ2v) is 8.73. The van der Waals surface area contributed by atoms with Gasteiger partial charge in [-0.1, -0.05) is 30.7 Å². The zero-order valence-electron chi connectivity index (χ0n) is 18.2. The Morgan fingerprint density at radius 1 is 1.03 bits per heavy atom. The molecular formula is C25H32N4O2. The van der Waals surface area contributed by atoms with Crippen LogP contribution in [-0.4, -0.2) is 56.5 Å². The van der Waals surface area contributed by atoms with Crippen LogP contribution in [0.5, 0.6) is 0 Å². The van der Waals surface area contributed by atoms with E-state index in [2.05, 4.69) is 27.9 Å². The third-order valence-electron chi connectivity index (χ3n) is 6.35. The summed E-state index contributed by atoms with van der Waals surface area (Å²) in [7, 11) is 2.11. The number of benzene rings is 2. The maximum atomic E-state index is 12.5. The molecule has 6 heteroatoms. The van der Waals surface area contributed by atoms with Gasteiger partial charge in [-0.25, -0.2) is 0 Å². The number of hydrogen-bond acceptors (Lipinski definition) is 4. The maximum Gasteiger partial charge on any atom is 0.255 e. The molecule has 0 bridgehead atoms. The molecule has 2 saturated heterocycles. The molecule has 5 rings (SSSR count). The van der Waals surface area contributed by atoms with E-state index in [9.17, 15) is 9.59 Å². The molecule has 0 saturated carbocycles. The average Bonchev–Trinajstić information content (AvgIpc) is 3.14. The van der Waals surface area contributed by atoms with Gasteiger partial charge in [-0.05, 0) is 68.7 Å². The van der Waals surface area contributed by atoms with Gasteiger partial charge in [0.2, 0.25) is 0 Å². The third-order valence-corrected chi connectivity index (χ3v) is 6.35. The SMILES string of the molecule is C1CCNCC1.CN1C[C@H]2CNC(=O)c3cc(C(=O)Nc4ccccc4)ccc3[C@@H]2C1. The average molecular weight is 421 g/mol. The van der Waals surface area contributed by atoms with Crippen molar-refractivity contribution in [1.29, 1.82) is 0 Å². The number of nitrogens with one attached hydrogen (secondary N) is 3. The van der Waals surface area contributed by atoms with Crippen LogP contribution in [0.2, 0.25) is 0 Å². The maximum absolute atomic E-state index is 12.5. The minimum absolute atomic E-state index is 0.0820. The van der Waals surface area contributed by atoms with Gasteiger partial charge in [0.1, 0.15) is 0 Å². The molecule has 3 N–H and O–H groups in total. The van der Waals surface area contributed by atoms with Crippen LogP contribution < -0.4 is 16.0 Å². The van der Waals surface area contributed by atoms with Crippen LogP contribution in [0.1, 0.15) is 51.5 Å². The van der Waals surface area contributed by atoms with Crippen molar-refractivity contribution < 1.29 is 9.59 Å². The number of carbonyl (C=O) groups is 2. The predicted octanol–water partition coefficient (Wildman–Crippen LogP) is 3.09. The molecule has 0 aliphatic carbocycles. The van der Waals surface area contributed by atoms with Crippen LogP contribution in [0.15, 0.2) is 48.5 Å². The summed E-state index contributed by atoms with van der Waals surface area (Å²) < 4.78 is 0. The van der Waals surface area contributed by atoms with E-state index in [1.807, 2.05) is 42.5 Å². The number of anilines is 1. The molecule has 2 aromatic rings. The van der Waals surface area contributed by atoms with Crippen molar-refractivity contribution in [3.05, 3.63) is 65.2 Å². The number of para-hydroxylation sites is 1. The van der Waals surface area contributed by atoms with Gasteiger partial charge in [-0.15, -0.1) is 0 Å². The largest absolute Gasteiger partial charge is 0.352 e. The number of likely N-dealkylation sites (tertiary alicyclic amines) is 1. The summed E-state index contributed by atoms with van der Waals surface area (Å²) in [6, 6.07) is 14.8. The fourth-order valence-corrected chi connectivity index (χ4v) is 4.71. The normalized spacial score (nSPS) is 22.8. The van der Waals surface area contributed by atoms with E-state index in [4.69, 9.17) is 0 Å². The monoisotopic (exact) mass is 420 g/mol. The number of nitrogens with zero attached hydrogens (tertiary/aromatic N) is 1. The van der Waals surface area contributed by atoms with Crippen molar-refractivity contribution in [2.45, 2.75) is 25.2 Å². The predicted molar refractivity (Wildman–Crippen MR) is 124 cm³/mol. The topological polar surface area (TPSA) is 73.5 Å². The van der Waals surface area contributed by atoms with Crippen LogP contribution >= 0.6 is 0 Å². The Kier molecular flexibility index (Phi) is 6.99. The molecular weight excluding hydrogens is 388 g/mol. The summed E-state index contributed by atoms with van der Waals surface area (Å²) in [5, 5.41) is 9.17. The minimum Gasteiger partial charge on any atom is -0.352 e. The summed E-state index contributed by atoms with van der Waals surface area (Å²) in [5.74, 6) is 0.483. The van der Waals surface area contributed by atoms with Crippen LogP contribution in [0.25, 0.3) is 0 Å². The highest BCUT2D eigenvalue weighted by molar-refractivity contribution is 6.06. The van der Waals surface area contributed by atoms with E-state index in [0.717, 1.165) is 24.3 Å². The number of fused-ring (bicyclic) bond motifs is 3. The van der Waals surface area contributed by atoms with Gasteiger partial charge in [-0.2, -0.15) is 0 Å². The Hall–Kier alpha value is -2.70. The van der Waals surface area contributed by atoms with E-state index >= 15 is 0 Å².